The SMILES string of the molecule is Cc1cc(N2CCOCC2)ccc1Nc1nc(N2CCOCC2)c2[nH]cnc2n1. The zero-order valence-electron chi connectivity index (χ0n) is 16.5. The van der Waals surface area contributed by atoms with Gasteiger partial charge >= 0.3 is 0 Å². The van der Waals surface area contributed by atoms with Crippen LogP contribution < -0.4 is 15.1 Å². The Labute approximate surface area is 169 Å². The van der Waals surface area contributed by atoms with Crippen molar-refractivity contribution in [3.05, 3.63) is 30.1 Å². The van der Waals surface area contributed by atoms with Gasteiger partial charge in [-0.1, -0.05) is 0 Å². The van der Waals surface area contributed by atoms with Crippen molar-refractivity contribution >= 4 is 34.3 Å². The number of nitrogens with zero attached hydrogens (tertiary/aromatic N) is 5. The van der Waals surface area contributed by atoms with Gasteiger partial charge in [-0.05, 0) is 30.7 Å². The summed E-state index contributed by atoms with van der Waals surface area (Å²) in [5.74, 6) is 1.41. The van der Waals surface area contributed by atoms with E-state index in [2.05, 4.69) is 55.2 Å². The summed E-state index contributed by atoms with van der Waals surface area (Å²) in [5.41, 5.74) is 4.87. The molecule has 0 saturated carbocycles. The van der Waals surface area contributed by atoms with E-state index in [0.29, 0.717) is 24.8 Å². The summed E-state index contributed by atoms with van der Waals surface area (Å²) in [6.45, 7) is 8.51. The Kier molecular flexibility index (Phi) is 4.91. The van der Waals surface area contributed by atoms with E-state index >= 15 is 0 Å². The first-order valence-corrected chi connectivity index (χ1v) is 10.0. The van der Waals surface area contributed by atoms with Crippen molar-refractivity contribution in [3.63, 3.8) is 0 Å². The molecule has 9 heteroatoms. The van der Waals surface area contributed by atoms with Crippen LogP contribution in [0.1, 0.15) is 5.56 Å². The number of fused-ring (bicyclic) bond motifs is 1. The summed E-state index contributed by atoms with van der Waals surface area (Å²) in [4.78, 5) is 21.5. The Balaban J connectivity index is 1.42. The fourth-order valence-electron chi connectivity index (χ4n) is 3.80. The molecule has 0 atom stereocenters. The van der Waals surface area contributed by atoms with Crippen molar-refractivity contribution in [2.75, 3.05) is 67.7 Å². The van der Waals surface area contributed by atoms with Crippen LogP contribution in [0, 0.1) is 6.92 Å². The highest BCUT2D eigenvalue weighted by molar-refractivity contribution is 5.85. The molecule has 0 radical (unpaired) electrons. The summed E-state index contributed by atoms with van der Waals surface area (Å²) < 4.78 is 10.9. The molecule has 2 aliphatic rings. The molecule has 0 amide bonds. The third kappa shape index (κ3) is 3.70. The lowest BCUT2D eigenvalue weighted by molar-refractivity contribution is 0.122. The molecule has 9 nitrogen and oxygen atoms in total. The average Bonchev–Trinajstić information content (AvgIpc) is 3.24. The van der Waals surface area contributed by atoms with Crippen LogP contribution in [-0.4, -0.2) is 72.5 Å². The van der Waals surface area contributed by atoms with Crippen molar-refractivity contribution in [2.45, 2.75) is 6.92 Å². The third-order valence-electron chi connectivity index (χ3n) is 5.41. The maximum Gasteiger partial charge on any atom is 0.231 e. The number of rotatable bonds is 4. The number of aromatic nitrogens is 4. The zero-order valence-corrected chi connectivity index (χ0v) is 16.5. The van der Waals surface area contributed by atoms with Crippen LogP contribution in [0.2, 0.25) is 0 Å². The van der Waals surface area contributed by atoms with Crippen LogP contribution in [0.3, 0.4) is 0 Å². The van der Waals surface area contributed by atoms with Gasteiger partial charge in [-0.15, -0.1) is 0 Å². The molecule has 2 aliphatic heterocycles. The molecule has 0 spiro atoms. The second-order valence-corrected chi connectivity index (χ2v) is 7.30. The second kappa shape index (κ2) is 7.84. The minimum atomic E-state index is 0.549. The monoisotopic (exact) mass is 395 g/mol. The van der Waals surface area contributed by atoms with Crippen molar-refractivity contribution in [2.24, 2.45) is 0 Å². The van der Waals surface area contributed by atoms with Gasteiger partial charge in [-0.25, -0.2) is 4.98 Å². The number of hydrogen-bond donors (Lipinski definition) is 2. The topological polar surface area (TPSA) is 91.4 Å². The van der Waals surface area contributed by atoms with Crippen LogP contribution in [0.5, 0.6) is 0 Å². The van der Waals surface area contributed by atoms with Crippen LogP contribution in [0.15, 0.2) is 24.5 Å². The Morgan fingerprint density at radius 3 is 2.41 bits per heavy atom. The fourth-order valence-corrected chi connectivity index (χ4v) is 3.80. The number of benzene rings is 1. The van der Waals surface area contributed by atoms with E-state index in [0.717, 1.165) is 62.0 Å². The van der Waals surface area contributed by atoms with E-state index in [9.17, 15) is 0 Å². The van der Waals surface area contributed by atoms with Crippen LogP contribution in [0.4, 0.5) is 23.1 Å². The predicted octanol–water partition coefficient (Wildman–Crippen LogP) is 2.08. The van der Waals surface area contributed by atoms with Gasteiger partial charge < -0.3 is 29.6 Å². The summed E-state index contributed by atoms with van der Waals surface area (Å²) in [7, 11) is 0. The van der Waals surface area contributed by atoms with Gasteiger partial charge in [-0.2, -0.15) is 9.97 Å². The van der Waals surface area contributed by atoms with Crippen LogP contribution in [-0.2, 0) is 9.47 Å². The van der Waals surface area contributed by atoms with Gasteiger partial charge in [0.05, 0.1) is 32.8 Å². The Morgan fingerprint density at radius 1 is 0.966 bits per heavy atom. The number of aromatic amines is 1. The lowest BCUT2D eigenvalue weighted by atomic mass is 10.1. The normalized spacial score (nSPS) is 17.7. The average molecular weight is 395 g/mol. The van der Waals surface area contributed by atoms with Crippen molar-refractivity contribution in [3.8, 4) is 0 Å². The molecule has 2 aromatic heterocycles. The first-order chi connectivity index (χ1) is 14.3. The third-order valence-corrected chi connectivity index (χ3v) is 5.41. The Morgan fingerprint density at radius 2 is 1.69 bits per heavy atom. The summed E-state index contributed by atoms with van der Waals surface area (Å²) in [5, 5.41) is 3.39. The first kappa shape index (κ1) is 18.1. The molecule has 1 aromatic carbocycles. The lowest BCUT2D eigenvalue weighted by Gasteiger charge is -2.29. The van der Waals surface area contributed by atoms with Gasteiger partial charge in [0.2, 0.25) is 5.95 Å². The molecule has 29 heavy (non-hydrogen) atoms. The number of nitrogens with one attached hydrogen (secondary N) is 2. The van der Waals surface area contributed by atoms with Gasteiger partial charge in [-0.3, -0.25) is 0 Å². The molecule has 2 N–H and O–H groups in total. The van der Waals surface area contributed by atoms with Crippen LogP contribution >= 0.6 is 0 Å². The highest BCUT2D eigenvalue weighted by Crippen LogP contribution is 2.28. The predicted molar refractivity (Wildman–Crippen MR) is 112 cm³/mol. The minimum absolute atomic E-state index is 0.549. The quantitative estimate of drug-likeness (QED) is 0.694. The van der Waals surface area contributed by atoms with Crippen molar-refractivity contribution in [1.82, 2.24) is 19.9 Å². The largest absolute Gasteiger partial charge is 0.378 e. The molecule has 0 bridgehead atoms. The molecule has 152 valence electrons. The number of aryl methyl sites for hydroxylation is 1. The maximum atomic E-state index is 5.48. The molecule has 4 heterocycles. The standard InChI is InChI=1S/C20H25N7O2/c1-14-12-15(26-4-8-28-9-5-26)2-3-16(14)23-20-24-18-17(21-13-22-18)19(25-20)27-6-10-29-11-7-27/h2-3,12-13H,4-11H2,1H3,(H2,21,22,23,24,25). The van der Waals surface area contributed by atoms with Gasteiger partial charge in [0.25, 0.3) is 0 Å². The summed E-state index contributed by atoms with van der Waals surface area (Å²) >= 11 is 0. The fraction of sp³-hybridized carbons (Fsp3) is 0.450. The molecule has 2 fully saturated rings. The number of morpholine rings is 2. The van der Waals surface area contributed by atoms with Gasteiger partial charge in [0.1, 0.15) is 5.52 Å². The van der Waals surface area contributed by atoms with Gasteiger partial charge in [0.15, 0.2) is 11.5 Å². The number of imidazole rings is 1. The number of H-pyrrole nitrogens is 1. The molecule has 3 aromatic rings. The van der Waals surface area contributed by atoms with Crippen LogP contribution in [0.25, 0.3) is 11.2 Å². The minimum Gasteiger partial charge on any atom is -0.378 e. The molecule has 0 aliphatic carbocycles. The summed E-state index contributed by atoms with van der Waals surface area (Å²) in [6.07, 6.45) is 1.66. The van der Waals surface area contributed by atoms with E-state index in [4.69, 9.17) is 14.5 Å². The lowest BCUT2D eigenvalue weighted by Crippen LogP contribution is -2.37. The van der Waals surface area contributed by atoms with E-state index in [1.807, 2.05) is 0 Å². The number of anilines is 4. The second-order valence-electron chi connectivity index (χ2n) is 7.30. The Bertz CT molecular complexity index is 994. The molecule has 2 saturated heterocycles. The number of hydrogen-bond acceptors (Lipinski definition) is 8. The van der Waals surface area contributed by atoms with E-state index in [-0.39, 0.29) is 0 Å². The highest BCUT2D eigenvalue weighted by atomic mass is 16.5. The molecular weight excluding hydrogens is 370 g/mol. The van der Waals surface area contributed by atoms with E-state index in [1.54, 1.807) is 6.33 Å². The molecule has 0 unspecified atom stereocenters. The first-order valence-electron chi connectivity index (χ1n) is 10.0. The summed E-state index contributed by atoms with van der Waals surface area (Å²) in [6, 6.07) is 6.42. The molecule has 5 rings (SSSR count). The van der Waals surface area contributed by atoms with Crippen molar-refractivity contribution < 1.29 is 9.47 Å². The number of ether oxygens (including phenoxy) is 2. The van der Waals surface area contributed by atoms with E-state index < -0.39 is 0 Å². The van der Waals surface area contributed by atoms with E-state index in [1.165, 1.54) is 5.69 Å². The van der Waals surface area contributed by atoms with Gasteiger partial charge in [0, 0.05) is 37.6 Å². The maximum absolute atomic E-state index is 5.48. The zero-order chi connectivity index (χ0) is 19.6. The smallest absolute Gasteiger partial charge is 0.231 e. The highest BCUT2D eigenvalue weighted by Gasteiger charge is 2.19. The Hall–Kier alpha value is -2.91. The molecular formula is C20H25N7O2. The van der Waals surface area contributed by atoms with Crippen molar-refractivity contribution in [1.29, 1.82) is 0 Å².